The summed E-state index contributed by atoms with van der Waals surface area (Å²) in [5, 5.41) is 0. The van der Waals surface area contributed by atoms with Gasteiger partial charge in [-0.15, -0.1) is 0 Å². The average molecular weight is 353 g/mol. The van der Waals surface area contributed by atoms with E-state index in [-0.39, 0.29) is 5.91 Å². The molecule has 1 unspecified atom stereocenters. The minimum atomic E-state index is 0.253. The molecule has 0 aromatic rings. The minimum absolute atomic E-state index is 0.253. The van der Waals surface area contributed by atoms with Gasteiger partial charge in [-0.1, -0.05) is 6.92 Å². The molecule has 2 aliphatic rings. The maximum atomic E-state index is 12.5. The number of piperazine rings is 2. The standard InChI is InChI=1S/C19H36N4O2/c1-5-18(24)22-14-10-21(11-15-22)17(4)6-7-19(25)23-12-8-20(9-13-23)16(2)3/h16-17H,5-15H2,1-4H3. The number of hydrogen-bond acceptors (Lipinski definition) is 4. The molecular weight excluding hydrogens is 316 g/mol. The second-order valence-electron chi connectivity index (χ2n) is 7.67. The van der Waals surface area contributed by atoms with E-state index in [1.807, 2.05) is 16.7 Å². The van der Waals surface area contributed by atoms with Gasteiger partial charge in [0.25, 0.3) is 0 Å². The van der Waals surface area contributed by atoms with Crippen LogP contribution in [-0.4, -0.2) is 95.9 Å². The lowest BCUT2D eigenvalue weighted by atomic mass is 10.1. The quantitative estimate of drug-likeness (QED) is 0.722. The highest BCUT2D eigenvalue weighted by molar-refractivity contribution is 5.76. The Morgan fingerprint density at radius 2 is 1.24 bits per heavy atom. The summed E-state index contributed by atoms with van der Waals surface area (Å²) in [5.41, 5.74) is 0. The Morgan fingerprint density at radius 1 is 0.760 bits per heavy atom. The fourth-order valence-corrected chi connectivity index (χ4v) is 3.80. The van der Waals surface area contributed by atoms with Gasteiger partial charge in [-0.25, -0.2) is 0 Å². The third kappa shape index (κ3) is 5.68. The molecule has 0 aromatic heterocycles. The van der Waals surface area contributed by atoms with Crippen molar-refractivity contribution in [2.24, 2.45) is 0 Å². The first-order valence-corrected chi connectivity index (χ1v) is 9.96. The van der Waals surface area contributed by atoms with E-state index in [9.17, 15) is 9.59 Å². The molecule has 2 amide bonds. The van der Waals surface area contributed by atoms with Crippen LogP contribution in [0.15, 0.2) is 0 Å². The van der Waals surface area contributed by atoms with Crippen molar-refractivity contribution in [2.75, 3.05) is 52.4 Å². The van der Waals surface area contributed by atoms with Crippen LogP contribution in [0.5, 0.6) is 0 Å². The Balaban J connectivity index is 1.67. The van der Waals surface area contributed by atoms with Gasteiger partial charge in [0.2, 0.25) is 11.8 Å². The van der Waals surface area contributed by atoms with Gasteiger partial charge >= 0.3 is 0 Å². The summed E-state index contributed by atoms with van der Waals surface area (Å²) >= 11 is 0. The van der Waals surface area contributed by atoms with Gasteiger partial charge in [0.1, 0.15) is 0 Å². The van der Waals surface area contributed by atoms with Crippen molar-refractivity contribution < 1.29 is 9.59 Å². The van der Waals surface area contributed by atoms with Gasteiger partial charge in [0, 0.05) is 77.3 Å². The van der Waals surface area contributed by atoms with Gasteiger partial charge in [-0.3, -0.25) is 19.4 Å². The van der Waals surface area contributed by atoms with Gasteiger partial charge in [0.15, 0.2) is 0 Å². The molecule has 0 aromatic carbocycles. The number of carbonyl (C=O) groups is 2. The van der Waals surface area contributed by atoms with Crippen LogP contribution < -0.4 is 0 Å². The van der Waals surface area contributed by atoms with Crippen LogP contribution in [0.1, 0.15) is 47.0 Å². The first-order chi connectivity index (χ1) is 11.9. The summed E-state index contributed by atoms with van der Waals surface area (Å²) in [6.07, 6.45) is 2.13. The van der Waals surface area contributed by atoms with E-state index in [0.29, 0.717) is 30.8 Å². The number of carbonyl (C=O) groups excluding carboxylic acids is 2. The highest BCUT2D eigenvalue weighted by Crippen LogP contribution is 2.14. The Morgan fingerprint density at radius 3 is 1.72 bits per heavy atom. The molecule has 2 rings (SSSR count). The molecule has 0 radical (unpaired) electrons. The van der Waals surface area contributed by atoms with E-state index in [2.05, 4.69) is 30.6 Å². The molecule has 0 spiro atoms. The van der Waals surface area contributed by atoms with Crippen molar-refractivity contribution in [3.05, 3.63) is 0 Å². The third-order valence-electron chi connectivity index (χ3n) is 5.77. The van der Waals surface area contributed by atoms with Crippen LogP contribution in [0.25, 0.3) is 0 Å². The van der Waals surface area contributed by atoms with E-state index in [1.165, 1.54) is 0 Å². The molecule has 1 atom stereocenters. The molecule has 6 nitrogen and oxygen atoms in total. The average Bonchev–Trinajstić information content (AvgIpc) is 2.65. The van der Waals surface area contributed by atoms with Crippen molar-refractivity contribution in [3.8, 4) is 0 Å². The highest BCUT2D eigenvalue weighted by atomic mass is 16.2. The van der Waals surface area contributed by atoms with Gasteiger partial charge < -0.3 is 9.80 Å². The van der Waals surface area contributed by atoms with E-state index in [1.54, 1.807) is 0 Å². The number of amides is 2. The fourth-order valence-electron chi connectivity index (χ4n) is 3.80. The summed E-state index contributed by atoms with van der Waals surface area (Å²) in [5.74, 6) is 0.554. The van der Waals surface area contributed by atoms with Gasteiger partial charge in [0.05, 0.1) is 0 Å². The highest BCUT2D eigenvalue weighted by Gasteiger charge is 2.25. The number of hydrogen-bond donors (Lipinski definition) is 0. The molecule has 0 bridgehead atoms. The predicted molar refractivity (Wildman–Crippen MR) is 100 cm³/mol. The van der Waals surface area contributed by atoms with Crippen LogP contribution in [0.2, 0.25) is 0 Å². The Bertz CT molecular complexity index is 439. The van der Waals surface area contributed by atoms with Crippen LogP contribution >= 0.6 is 0 Å². The normalized spacial score (nSPS) is 21.6. The Labute approximate surface area is 153 Å². The predicted octanol–water partition coefficient (Wildman–Crippen LogP) is 1.26. The summed E-state index contributed by atoms with van der Waals surface area (Å²) in [6, 6.07) is 0.968. The van der Waals surface area contributed by atoms with Crippen LogP contribution in [-0.2, 0) is 9.59 Å². The van der Waals surface area contributed by atoms with Crippen molar-refractivity contribution in [3.63, 3.8) is 0 Å². The maximum Gasteiger partial charge on any atom is 0.222 e. The van der Waals surface area contributed by atoms with Gasteiger partial charge in [-0.05, 0) is 27.2 Å². The Hall–Kier alpha value is -1.14. The molecule has 2 saturated heterocycles. The lowest BCUT2D eigenvalue weighted by Crippen LogP contribution is -2.52. The molecular formula is C19H36N4O2. The summed E-state index contributed by atoms with van der Waals surface area (Å²) in [6.45, 7) is 15.8. The molecule has 0 N–H and O–H groups in total. The van der Waals surface area contributed by atoms with Crippen LogP contribution in [0.3, 0.4) is 0 Å². The van der Waals surface area contributed by atoms with Crippen molar-refractivity contribution in [1.82, 2.24) is 19.6 Å². The van der Waals surface area contributed by atoms with E-state index in [0.717, 1.165) is 58.8 Å². The smallest absolute Gasteiger partial charge is 0.222 e. The van der Waals surface area contributed by atoms with E-state index < -0.39 is 0 Å². The van der Waals surface area contributed by atoms with Crippen molar-refractivity contribution in [1.29, 1.82) is 0 Å². The number of rotatable bonds is 6. The summed E-state index contributed by atoms with van der Waals surface area (Å²) in [4.78, 5) is 33.1. The SMILES string of the molecule is CCC(=O)N1CCN(C(C)CCC(=O)N2CCN(C(C)C)CC2)CC1. The lowest BCUT2D eigenvalue weighted by molar-refractivity contribution is -0.133. The molecule has 2 aliphatic heterocycles. The zero-order valence-electron chi connectivity index (χ0n) is 16.5. The zero-order valence-corrected chi connectivity index (χ0v) is 16.5. The molecule has 6 heteroatoms. The molecule has 25 heavy (non-hydrogen) atoms. The first-order valence-electron chi connectivity index (χ1n) is 9.96. The van der Waals surface area contributed by atoms with E-state index in [4.69, 9.17) is 0 Å². The monoisotopic (exact) mass is 352 g/mol. The third-order valence-corrected chi connectivity index (χ3v) is 5.77. The van der Waals surface area contributed by atoms with Crippen LogP contribution in [0.4, 0.5) is 0 Å². The lowest BCUT2D eigenvalue weighted by Gasteiger charge is -2.39. The topological polar surface area (TPSA) is 47.1 Å². The van der Waals surface area contributed by atoms with Crippen molar-refractivity contribution in [2.45, 2.75) is 59.0 Å². The number of nitrogens with zero attached hydrogens (tertiary/aromatic N) is 4. The first kappa shape index (κ1) is 20.2. The second kappa shape index (κ2) is 9.53. The zero-order chi connectivity index (χ0) is 18.4. The van der Waals surface area contributed by atoms with Crippen LogP contribution in [0, 0.1) is 0 Å². The fraction of sp³-hybridized carbons (Fsp3) is 0.895. The summed E-state index contributed by atoms with van der Waals surface area (Å²) in [7, 11) is 0. The maximum absolute atomic E-state index is 12.5. The van der Waals surface area contributed by atoms with Gasteiger partial charge in [-0.2, -0.15) is 0 Å². The molecule has 144 valence electrons. The van der Waals surface area contributed by atoms with Crippen molar-refractivity contribution >= 4 is 11.8 Å². The minimum Gasteiger partial charge on any atom is -0.340 e. The largest absolute Gasteiger partial charge is 0.340 e. The molecule has 0 aliphatic carbocycles. The molecule has 2 fully saturated rings. The second-order valence-corrected chi connectivity index (χ2v) is 7.67. The summed E-state index contributed by atoms with van der Waals surface area (Å²) < 4.78 is 0. The molecule has 0 saturated carbocycles. The Kier molecular flexibility index (Phi) is 7.69. The molecule has 2 heterocycles. The van der Waals surface area contributed by atoms with E-state index >= 15 is 0 Å².